The van der Waals surface area contributed by atoms with Gasteiger partial charge in [-0.1, -0.05) is 0 Å². The lowest BCUT2D eigenvalue weighted by Gasteiger charge is -2.34. The Morgan fingerprint density at radius 2 is 1.83 bits per heavy atom. The van der Waals surface area contributed by atoms with E-state index < -0.39 is 0 Å². The number of amides is 2. The van der Waals surface area contributed by atoms with Gasteiger partial charge in [-0.2, -0.15) is 0 Å². The summed E-state index contributed by atoms with van der Waals surface area (Å²) in [6.07, 6.45) is 3.87. The molecular formula is C17H19N3O3S. The molecule has 2 fully saturated rings. The molecule has 6 nitrogen and oxygen atoms in total. The highest BCUT2D eigenvalue weighted by atomic mass is 32.1. The van der Waals surface area contributed by atoms with E-state index in [2.05, 4.69) is 4.98 Å². The van der Waals surface area contributed by atoms with Gasteiger partial charge in [-0.3, -0.25) is 9.59 Å². The summed E-state index contributed by atoms with van der Waals surface area (Å²) in [4.78, 5) is 33.9. The molecule has 1 saturated carbocycles. The Kier molecular flexibility index (Phi) is 3.88. The number of carbonyl (C=O) groups is 2. The topological polar surface area (TPSA) is 66.7 Å². The van der Waals surface area contributed by atoms with Crippen molar-refractivity contribution in [2.75, 3.05) is 26.2 Å². The first-order valence-electron chi connectivity index (χ1n) is 8.23. The molecule has 2 aromatic rings. The average Bonchev–Trinajstić information content (AvgIpc) is 3.16. The number of furan rings is 1. The Labute approximate surface area is 144 Å². The maximum absolute atomic E-state index is 12.8. The Hall–Kier alpha value is -2.15. The smallest absolute Gasteiger partial charge is 0.289 e. The van der Waals surface area contributed by atoms with Crippen molar-refractivity contribution in [2.24, 2.45) is 0 Å². The van der Waals surface area contributed by atoms with Gasteiger partial charge in [-0.15, -0.1) is 11.3 Å². The Morgan fingerprint density at radius 1 is 1.17 bits per heavy atom. The van der Waals surface area contributed by atoms with E-state index in [0.717, 1.165) is 15.6 Å². The molecule has 1 saturated heterocycles. The summed E-state index contributed by atoms with van der Waals surface area (Å²) < 4.78 is 5.16. The third kappa shape index (κ3) is 2.84. The summed E-state index contributed by atoms with van der Waals surface area (Å²) in [7, 11) is 0. The van der Waals surface area contributed by atoms with Gasteiger partial charge < -0.3 is 14.2 Å². The minimum absolute atomic E-state index is 0.0435. The Balaban J connectivity index is 1.40. The first-order valence-corrected chi connectivity index (χ1v) is 9.04. The van der Waals surface area contributed by atoms with Crippen molar-refractivity contribution >= 4 is 23.2 Å². The number of thiazole rings is 1. The molecule has 0 spiro atoms. The second-order valence-corrected chi connectivity index (χ2v) is 7.33. The van der Waals surface area contributed by atoms with Crippen LogP contribution in [0.15, 0.2) is 22.8 Å². The quantitative estimate of drug-likeness (QED) is 0.857. The van der Waals surface area contributed by atoms with E-state index in [1.807, 2.05) is 11.8 Å². The van der Waals surface area contributed by atoms with Crippen LogP contribution in [-0.4, -0.2) is 52.8 Å². The van der Waals surface area contributed by atoms with Crippen LogP contribution in [0.1, 0.15) is 49.7 Å². The van der Waals surface area contributed by atoms with Gasteiger partial charge in [-0.05, 0) is 31.9 Å². The zero-order valence-electron chi connectivity index (χ0n) is 13.5. The van der Waals surface area contributed by atoms with Crippen molar-refractivity contribution in [1.82, 2.24) is 14.8 Å². The van der Waals surface area contributed by atoms with Crippen molar-refractivity contribution < 1.29 is 14.0 Å². The standard InChI is InChI=1S/C17H19N3O3S/c1-11-14(24-15(18-11)12-4-5-12)17(22)20-8-6-19(7-9-20)16(21)13-3-2-10-23-13/h2-3,10,12H,4-9H2,1H3. The number of rotatable bonds is 3. The third-order valence-electron chi connectivity index (χ3n) is 4.52. The van der Waals surface area contributed by atoms with Gasteiger partial charge in [0, 0.05) is 32.1 Å². The first kappa shape index (κ1) is 15.4. The van der Waals surface area contributed by atoms with Crippen LogP contribution in [0.5, 0.6) is 0 Å². The van der Waals surface area contributed by atoms with Crippen LogP contribution in [0.3, 0.4) is 0 Å². The van der Waals surface area contributed by atoms with Gasteiger partial charge >= 0.3 is 0 Å². The molecule has 2 aliphatic rings. The predicted octanol–water partition coefficient (Wildman–Crippen LogP) is 2.52. The molecule has 3 heterocycles. The number of aryl methyl sites for hydroxylation is 1. The van der Waals surface area contributed by atoms with Crippen molar-refractivity contribution in [3.8, 4) is 0 Å². The highest BCUT2D eigenvalue weighted by molar-refractivity contribution is 7.13. The molecule has 0 N–H and O–H groups in total. The lowest BCUT2D eigenvalue weighted by molar-refractivity contribution is 0.0520. The van der Waals surface area contributed by atoms with E-state index >= 15 is 0 Å². The molecule has 4 rings (SSSR count). The van der Waals surface area contributed by atoms with E-state index in [9.17, 15) is 9.59 Å². The molecule has 24 heavy (non-hydrogen) atoms. The summed E-state index contributed by atoms with van der Waals surface area (Å²) in [6, 6.07) is 3.37. The summed E-state index contributed by atoms with van der Waals surface area (Å²) in [6.45, 7) is 4.05. The van der Waals surface area contributed by atoms with Gasteiger partial charge in [-0.25, -0.2) is 4.98 Å². The Morgan fingerprint density at radius 3 is 2.42 bits per heavy atom. The lowest BCUT2D eigenvalue weighted by atomic mass is 10.2. The molecule has 7 heteroatoms. The molecule has 0 aromatic carbocycles. The Bertz CT molecular complexity index is 756. The predicted molar refractivity (Wildman–Crippen MR) is 89.3 cm³/mol. The normalized spacial score (nSPS) is 18.0. The summed E-state index contributed by atoms with van der Waals surface area (Å²) >= 11 is 1.54. The molecule has 0 radical (unpaired) electrons. The number of aromatic nitrogens is 1. The van der Waals surface area contributed by atoms with Gasteiger partial charge in [0.15, 0.2) is 5.76 Å². The van der Waals surface area contributed by atoms with Crippen LogP contribution in [0, 0.1) is 6.92 Å². The third-order valence-corrected chi connectivity index (χ3v) is 5.83. The van der Waals surface area contributed by atoms with Crippen LogP contribution in [0.4, 0.5) is 0 Å². The number of piperazine rings is 1. The molecule has 1 aliphatic heterocycles. The molecule has 0 bridgehead atoms. The minimum Gasteiger partial charge on any atom is -0.459 e. The highest BCUT2D eigenvalue weighted by Crippen LogP contribution is 2.42. The van der Waals surface area contributed by atoms with Crippen LogP contribution in [0.2, 0.25) is 0 Å². The molecular weight excluding hydrogens is 326 g/mol. The largest absolute Gasteiger partial charge is 0.459 e. The fourth-order valence-electron chi connectivity index (χ4n) is 2.93. The fourth-order valence-corrected chi connectivity index (χ4v) is 4.14. The zero-order chi connectivity index (χ0) is 16.7. The van der Waals surface area contributed by atoms with Crippen molar-refractivity contribution in [3.63, 3.8) is 0 Å². The number of hydrogen-bond acceptors (Lipinski definition) is 5. The lowest BCUT2D eigenvalue weighted by Crippen LogP contribution is -2.50. The van der Waals surface area contributed by atoms with Gasteiger partial charge in [0.05, 0.1) is 17.0 Å². The summed E-state index contributed by atoms with van der Waals surface area (Å²) in [5.74, 6) is 0.847. The van der Waals surface area contributed by atoms with Crippen LogP contribution in [-0.2, 0) is 0 Å². The molecule has 0 unspecified atom stereocenters. The van der Waals surface area contributed by atoms with Gasteiger partial charge in [0.1, 0.15) is 4.88 Å². The van der Waals surface area contributed by atoms with E-state index in [1.54, 1.807) is 17.0 Å². The van der Waals surface area contributed by atoms with Crippen LogP contribution >= 0.6 is 11.3 Å². The SMILES string of the molecule is Cc1nc(C2CC2)sc1C(=O)N1CCN(C(=O)c2ccco2)CC1. The number of nitrogens with zero attached hydrogens (tertiary/aromatic N) is 3. The van der Waals surface area contributed by atoms with Crippen molar-refractivity contribution in [2.45, 2.75) is 25.7 Å². The highest BCUT2D eigenvalue weighted by Gasteiger charge is 2.31. The summed E-state index contributed by atoms with van der Waals surface area (Å²) in [5, 5.41) is 1.10. The maximum atomic E-state index is 12.8. The van der Waals surface area contributed by atoms with E-state index in [0.29, 0.717) is 37.9 Å². The zero-order valence-corrected chi connectivity index (χ0v) is 14.3. The molecule has 2 aromatic heterocycles. The maximum Gasteiger partial charge on any atom is 0.289 e. The van der Waals surface area contributed by atoms with E-state index in [4.69, 9.17) is 4.42 Å². The summed E-state index contributed by atoms with van der Waals surface area (Å²) in [5.41, 5.74) is 0.834. The van der Waals surface area contributed by atoms with Crippen molar-refractivity contribution in [1.29, 1.82) is 0 Å². The molecule has 0 atom stereocenters. The van der Waals surface area contributed by atoms with Gasteiger partial charge in [0.2, 0.25) is 0 Å². The molecule has 1 aliphatic carbocycles. The fraction of sp³-hybridized carbons (Fsp3) is 0.471. The number of hydrogen-bond donors (Lipinski definition) is 0. The first-order chi connectivity index (χ1) is 11.6. The van der Waals surface area contributed by atoms with Gasteiger partial charge in [0.25, 0.3) is 11.8 Å². The molecule has 2 amide bonds. The monoisotopic (exact) mass is 345 g/mol. The second kappa shape index (κ2) is 6.05. The van der Waals surface area contributed by atoms with Crippen LogP contribution < -0.4 is 0 Å². The van der Waals surface area contributed by atoms with Crippen molar-refractivity contribution in [3.05, 3.63) is 39.7 Å². The average molecular weight is 345 g/mol. The second-order valence-electron chi connectivity index (χ2n) is 6.30. The molecule has 126 valence electrons. The van der Waals surface area contributed by atoms with Crippen LogP contribution in [0.25, 0.3) is 0 Å². The van der Waals surface area contributed by atoms with E-state index in [1.165, 1.54) is 30.4 Å². The number of carbonyl (C=O) groups excluding carboxylic acids is 2. The minimum atomic E-state index is -0.114. The van der Waals surface area contributed by atoms with E-state index in [-0.39, 0.29) is 11.8 Å².